The molecule has 0 unspecified atom stereocenters. The molecule has 34 heavy (non-hydrogen) atoms. The SMILES string of the molecule is CCCCc1ccc(NC(=O)CSc2nc3c(-c4ccccc4)c[nH]c3c(=O)n2C(C)C)cc1. The number of carbonyl (C=O) groups is 1. The molecule has 2 aromatic heterocycles. The van der Waals surface area contributed by atoms with Crippen LogP contribution in [-0.4, -0.2) is 26.2 Å². The van der Waals surface area contributed by atoms with Crippen LogP contribution in [0.25, 0.3) is 22.2 Å². The Morgan fingerprint density at radius 1 is 1.12 bits per heavy atom. The number of nitrogens with zero attached hydrogens (tertiary/aromatic N) is 2. The number of anilines is 1. The highest BCUT2D eigenvalue weighted by Crippen LogP contribution is 2.28. The topological polar surface area (TPSA) is 79.8 Å². The maximum atomic E-state index is 13.3. The molecule has 0 bridgehead atoms. The monoisotopic (exact) mass is 474 g/mol. The van der Waals surface area contributed by atoms with Gasteiger partial charge in [-0.15, -0.1) is 0 Å². The van der Waals surface area contributed by atoms with E-state index in [1.54, 1.807) is 4.57 Å². The van der Waals surface area contributed by atoms with E-state index in [1.807, 2.05) is 62.5 Å². The van der Waals surface area contributed by atoms with Crippen molar-refractivity contribution in [1.82, 2.24) is 14.5 Å². The summed E-state index contributed by atoms with van der Waals surface area (Å²) in [4.78, 5) is 33.8. The predicted molar refractivity (Wildman–Crippen MR) is 141 cm³/mol. The summed E-state index contributed by atoms with van der Waals surface area (Å²) in [5.41, 5.74) is 4.87. The van der Waals surface area contributed by atoms with E-state index < -0.39 is 0 Å². The maximum absolute atomic E-state index is 13.3. The molecule has 0 radical (unpaired) electrons. The summed E-state index contributed by atoms with van der Waals surface area (Å²) < 4.78 is 1.65. The average molecular weight is 475 g/mol. The number of rotatable bonds is 9. The number of nitrogens with one attached hydrogen (secondary N) is 2. The van der Waals surface area contributed by atoms with Crippen molar-refractivity contribution in [1.29, 1.82) is 0 Å². The molecule has 1 amide bonds. The number of hydrogen-bond donors (Lipinski definition) is 2. The Kier molecular flexibility index (Phi) is 7.53. The summed E-state index contributed by atoms with van der Waals surface area (Å²) in [7, 11) is 0. The Hall–Kier alpha value is -3.32. The molecule has 0 spiro atoms. The van der Waals surface area contributed by atoms with E-state index in [9.17, 15) is 9.59 Å². The van der Waals surface area contributed by atoms with Crippen molar-refractivity contribution in [3.8, 4) is 11.1 Å². The first-order valence-electron chi connectivity index (χ1n) is 11.7. The highest BCUT2D eigenvalue weighted by atomic mass is 32.2. The largest absolute Gasteiger partial charge is 0.355 e. The minimum absolute atomic E-state index is 0.0888. The van der Waals surface area contributed by atoms with Crippen LogP contribution in [0.15, 0.2) is 70.7 Å². The fourth-order valence-electron chi connectivity index (χ4n) is 3.91. The van der Waals surface area contributed by atoms with Crippen molar-refractivity contribution in [3.05, 3.63) is 76.7 Å². The molecular formula is C27H30N4O2S. The van der Waals surface area contributed by atoms with E-state index in [0.29, 0.717) is 16.2 Å². The summed E-state index contributed by atoms with van der Waals surface area (Å²) in [6.45, 7) is 6.07. The number of thioether (sulfide) groups is 1. The molecule has 0 aliphatic carbocycles. The van der Waals surface area contributed by atoms with E-state index in [0.717, 1.165) is 36.1 Å². The van der Waals surface area contributed by atoms with Gasteiger partial charge in [0.1, 0.15) is 11.0 Å². The van der Waals surface area contributed by atoms with E-state index in [4.69, 9.17) is 4.98 Å². The van der Waals surface area contributed by atoms with Gasteiger partial charge in [-0.25, -0.2) is 4.98 Å². The number of H-pyrrole nitrogens is 1. The van der Waals surface area contributed by atoms with Crippen molar-refractivity contribution in [3.63, 3.8) is 0 Å². The number of fused-ring (bicyclic) bond motifs is 1. The third kappa shape index (κ3) is 5.25. The smallest absolute Gasteiger partial charge is 0.278 e. The molecule has 2 heterocycles. The fraction of sp³-hybridized carbons (Fsp3) is 0.296. The standard InChI is InChI=1S/C27H30N4O2S/c1-4-5-9-19-12-14-21(15-13-19)29-23(32)17-34-27-30-24-22(20-10-7-6-8-11-20)16-28-25(24)26(33)31(27)18(2)3/h6-8,10-16,18,28H,4-5,9,17H2,1-3H3,(H,29,32). The van der Waals surface area contributed by atoms with Gasteiger partial charge >= 0.3 is 0 Å². The molecule has 6 nitrogen and oxygen atoms in total. The van der Waals surface area contributed by atoms with Gasteiger partial charge < -0.3 is 10.3 Å². The van der Waals surface area contributed by atoms with Gasteiger partial charge in [-0.05, 0) is 49.9 Å². The van der Waals surface area contributed by atoms with Crippen molar-refractivity contribution < 1.29 is 4.79 Å². The van der Waals surface area contributed by atoms with Crippen molar-refractivity contribution >= 4 is 34.4 Å². The maximum Gasteiger partial charge on any atom is 0.278 e. The number of carbonyl (C=O) groups excluding carboxylic acids is 1. The van der Waals surface area contributed by atoms with Crippen LogP contribution in [0, 0.1) is 0 Å². The Bertz CT molecular complexity index is 1320. The van der Waals surface area contributed by atoms with Gasteiger partial charge in [0.15, 0.2) is 5.16 Å². The average Bonchev–Trinajstić information content (AvgIpc) is 3.27. The Labute approximate surface area is 203 Å². The second-order valence-electron chi connectivity index (χ2n) is 8.59. The summed E-state index contributed by atoms with van der Waals surface area (Å²) in [5.74, 6) is 0.0289. The summed E-state index contributed by atoms with van der Waals surface area (Å²) >= 11 is 1.28. The molecular weight excluding hydrogens is 444 g/mol. The molecule has 0 aliphatic heterocycles. The third-order valence-electron chi connectivity index (χ3n) is 5.69. The van der Waals surface area contributed by atoms with Gasteiger partial charge in [0.05, 0.1) is 5.75 Å². The summed E-state index contributed by atoms with van der Waals surface area (Å²) in [6.07, 6.45) is 5.19. The normalized spacial score (nSPS) is 11.3. The second kappa shape index (κ2) is 10.7. The van der Waals surface area contributed by atoms with E-state index in [2.05, 4.69) is 29.4 Å². The van der Waals surface area contributed by atoms with Gasteiger partial charge in [0, 0.05) is 23.5 Å². The van der Waals surface area contributed by atoms with Crippen LogP contribution < -0.4 is 10.9 Å². The van der Waals surface area contributed by atoms with Crippen LogP contribution in [-0.2, 0) is 11.2 Å². The molecule has 2 aromatic carbocycles. The fourth-order valence-corrected chi connectivity index (χ4v) is 4.83. The third-order valence-corrected chi connectivity index (χ3v) is 6.64. The molecule has 4 rings (SSSR count). The van der Waals surface area contributed by atoms with Crippen LogP contribution in [0.4, 0.5) is 5.69 Å². The molecule has 0 fully saturated rings. The van der Waals surface area contributed by atoms with E-state index >= 15 is 0 Å². The molecule has 176 valence electrons. The second-order valence-corrected chi connectivity index (χ2v) is 9.54. The first-order chi connectivity index (χ1) is 16.5. The first kappa shape index (κ1) is 23.8. The van der Waals surface area contributed by atoms with Crippen LogP contribution in [0.1, 0.15) is 45.2 Å². The molecule has 0 atom stereocenters. The highest BCUT2D eigenvalue weighted by molar-refractivity contribution is 7.99. The van der Waals surface area contributed by atoms with Crippen molar-refractivity contribution in [2.24, 2.45) is 0 Å². The van der Waals surface area contributed by atoms with Gasteiger partial charge in [-0.1, -0.05) is 67.6 Å². The number of benzene rings is 2. The number of unbranched alkanes of at least 4 members (excludes halogenated alkanes) is 1. The Morgan fingerprint density at radius 3 is 2.53 bits per heavy atom. The minimum atomic E-state index is -0.132. The van der Waals surface area contributed by atoms with Gasteiger partial charge in [0.2, 0.25) is 5.91 Å². The van der Waals surface area contributed by atoms with Crippen LogP contribution in [0.3, 0.4) is 0 Å². The molecule has 2 N–H and O–H groups in total. The Balaban J connectivity index is 1.55. The van der Waals surface area contributed by atoms with E-state index in [1.165, 1.54) is 17.3 Å². The van der Waals surface area contributed by atoms with Crippen molar-refractivity contribution in [2.75, 3.05) is 11.1 Å². The van der Waals surface area contributed by atoms with Crippen molar-refractivity contribution in [2.45, 2.75) is 51.2 Å². The van der Waals surface area contributed by atoms with Gasteiger partial charge in [-0.3, -0.25) is 14.2 Å². The molecule has 7 heteroatoms. The zero-order valence-electron chi connectivity index (χ0n) is 19.8. The quantitative estimate of drug-likeness (QED) is 0.229. The van der Waals surface area contributed by atoms with Crippen LogP contribution in [0.5, 0.6) is 0 Å². The zero-order valence-corrected chi connectivity index (χ0v) is 20.6. The first-order valence-corrected chi connectivity index (χ1v) is 12.7. The Morgan fingerprint density at radius 2 is 1.85 bits per heavy atom. The molecule has 4 aromatic rings. The lowest BCUT2D eigenvalue weighted by Gasteiger charge is -2.15. The van der Waals surface area contributed by atoms with Gasteiger partial charge in [0.25, 0.3) is 5.56 Å². The molecule has 0 aliphatic rings. The summed E-state index contributed by atoms with van der Waals surface area (Å²) in [5, 5.41) is 3.48. The van der Waals surface area contributed by atoms with Crippen LogP contribution >= 0.6 is 11.8 Å². The number of aromatic amines is 1. The predicted octanol–water partition coefficient (Wildman–Crippen LogP) is 6.05. The lowest BCUT2D eigenvalue weighted by molar-refractivity contribution is -0.113. The lowest BCUT2D eigenvalue weighted by atomic mass is 10.1. The van der Waals surface area contributed by atoms with E-state index in [-0.39, 0.29) is 23.3 Å². The number of amides is 1. The zero-order chi connectivity index (χ0) is 24.1. The number of hydrogen-bond acceptors (Lipinski definition) is 4. The molecule has 0 saturated heterocycles. The highest BCUT2D eigenvalue weighted by Gasteiger charge is 2.19. The summed E-state index contributed by atoms with van der Waals surface area (Å²) in [6, 6.07) is 17.8. The van der Waals surface area contributed by atoms with Crippen LogP contribution in [0.2, 0.25) is 0 Å². The number of aromatic nitrogens is 3. The minimum Gasteiger partial charge on any atom is -0.355 e. The molecule has 0 saturated carbocycles. The number of aryl methyl sites for hydroxylation is 1. The van der Waals surface area contributed by atoms with Gasteiger partial charge in [-0.2, -0.15) is 0 Å². The lowest BCUT2D eigenvalue weighted by Crippen LogP contribution is -2.25.